The molecular formula is C6H12N2O. The molecule has 52 valence electrons. The second-order valence-corrected chi connectivity index (χ2v) is 2.66. The number of ether oxygens (including phenoxy) is 1. The minimum Gasteiger partial charge on any atom is -0.368 e. The first-order valence-electron chi connectivity index (χ1n) is 3.58. The molecular weight excluding hydrogens is 116 g/mol. The minimum absolute atomic E-state index is 0.512. The van der Waals surface area contributed by atoms with E-state index in [4.69, 9.17) is 4.74 Å². The van der Waals surface area contributed by atoms with E-state index in [-0.39, 0.29) is 0 Å². The Bertz CT molecular complexity index is 95.2. The molecule has 3 nitrogen and oxygen atoms in total. The highest BCUT2D eigenvalue weighted by Crippen LogP contribution is 2.25. The number of nitrogens with one attached hydrogen (secondary N) is 2. The molecule has 2 aliphatic heterocycles. The van der Waals surface area contributed by atoms with Gasteiger partial charge in [-0.2, -0.15) is 0 Å². The van der Waals surface area contributed by atoms with Gasteiger partial charge in [-0.25, -0.2) is 0 Å². The molecule has 9 heavy (non-hydrogen) atoms. The summed E-state index contributed by atoms with van der Waals surface area (Å²) in [7, 11) is 0. The molecule has 2 heterocycles. The second kappa shape index (κ2) is 2.25. The van der Waals surface area contributed by atoms with Crippen molar-refractivity contribution in [2.45, 2.75) is 25.0 Å². The van der Waals surface area contributed by atoms with Crippen molar-refractivity contribution >= 4 is 0 Å². The molecule has 0 aromatic carbocycles. The van der Waals surface area contributed by atoms with Crippen molar-refractivity contribution in [3.8, 4) is 0 Å². The molecule has 0 aromatic rings. The topological polar surface area (TPSA) is 36.6 Å². The SMILES string of the molecule is C1CNNCC2OC2C1. The zero-order valence-corrected chi connectivity index (χ0v) is 5.39. The molecule has 2 saturated heterocycles. The van der Waals surface area contributed by atoms with E-state index in [1.807, 2.05) is 0 Å². The predicted octanol–water partition coefficient (Wildman–Crippen LogP) is -0.358. The van der Waals surface area contributed by atoms with Crippen molar-refractivity contribution in [2.75, 3.05) is 13.1 Å². The van der Waals surface area contributed by atoms with Gasteiger partial charge in [0.1, 0.15) is 0 Å². The van der Waals surface area contributed by atoms with Crippen LogP contribution in [0.5, 0.6) is 0 Å². The number of fused-ring (bicyclic) bond motifs is 1. The number of hydrogen-bond donors (Lipinski definition) is 2. The van der Waals surface area contributed by atoms with Crippen LogP contribution in [-0.2, 0) is 4.74 Å². The van der Waals surface area contributed by atoms with Gasteiger partial charge in [0.05, 0.1) is 12.2 Å². The third-order valence-corrected chi connectivity index (χ3v) is 1.91. The van der Waals surface area contributed by atoms with Crippen LogP contribution in [0.2, 0.25) is 0 Å². The van der Waals surface area contributed by atoms with Crippen LogP contribution in [0.1, 0.15) is 12.8 Å². The van der Waals surface area contributed by atoms with Gasteiger partial charge in [-0.15, -0.1) is 0 Å². The molecule has 3 heteroatoms. The fourth-order valence-electron chi connectivity index (χ4n) is 1.27. The first kappa shape index (κ1) is 5.65. The molecule has 0 amide bonds. The summed E-state index contributed by atoms with van der Waals surface area (Å²) in [4.78, 5) is 0. The fourth-order valence-corrected chi connectivity index (χ4v) is 1.27. The van der Waals surface area contributed by atoms with E-state index in [1.165, 1.54) is 12.8 Å². The molecule has 0 bridgehead atoms. The van der Waals surface area contributed by atoms with E-state index in [0.29, 0.717) is 12.2 Å². The summed E-state index contributed by atoms with van der Waals surface area (Å²) in [5.74, 6) is 0. The van der Waals surface area contributed by atoms with Gasteiger partial charge in [0, 0.05) is 13.1 Å². The van der Waals surface area contributed by atoms with Crippen molar-refractivity contribution in [1.29, 1.82) is 0 Å². The third-order valence-electron chi connectivity index (χ3n) is 1.91. The molecule has 2 N–H and O–H groups in total. The number of hydrazine groups is 1. The average molecular weight is 128 g/mol. The third kappa shape index (κ3) is 1.23. The first-order valence-corrected chi connectivity index (χ1v) is 3.58. The van der Waals surface area contributed by atoms with Gasteiger partial charge in [-0.05, 0) is 12.8 Å². The van der Waals surface area contributed by atoms with Crippen LogP contribution in [0.15, 0.2) is 0 Å². The Morgan fingerprint density at radius 2 is 2.22 bits per heavy atom. The van der Waals surface area contributed by atoms with Crippen LogP contribution in [-0.4, -0.2) is 25.3 Å². The van der Waals surface area contributed by atoms with Gasteiger partial charge in [-0.1, -0.05) is 0 Å². The van der Waals surface area contributed by atoms with E-state index in [0.717, 1.165) is 13.1 Å². The average Bonchev–Trinajstić information content (AvgIpc) is 2.46. The molecule has 2 fully saturated rings. The number of rotatable bonds is 0. The smallest absolute Gasteiger partial charge is 0.0979 e. The van der Waals surface area contributed by atoms with Crippen molar-refractivity contribution in [3.63, 3.8) is 0 Å². The van der Waals surface area contributed by atoms with Crippen LogP contribution in [0.4, 0.5) is 0 Å². The highest BCUT2D eigenvalue weighted by Gasteiger charge is 2.37. The summed E-state index contributed by atoms with van der Waals surface area (Å²) in [6, 6.07) is 0. The lowest BCUT2D eigenvalue weighted by Gasteiger charge is -2.06. The van der Waals surface area contributed by atoms with Crippen molar-refractivity contribution in [3.05, 3.63) is 0 Å². The molecule has 0 radical (unpaired) electrons. The van der Waals surface area contributed by atoms with Crippen LogP contribution in [0, 0.1) is 0 Å². The van der Waals surface area contributed by atoms with Crippen molar-refractivity contribution in [2.24, 2.45) is 0 Å². The van der Waals surface area contributed by atoms with Gasteiger partial charge in [0.25, 0.3) is 0 Å². The Morgan fingerprint density at radius 3 is 3.22 bits per heavy atom. The Hall–Kier alpha value is -0.120. The molecule has 2 atom stereocenters. The maximum Gasteiger partial charge on any atom is 0.0979 e. The number of epoxide rings is 1. The number of hydrogen-bond acceptors (Lipinski definition) is 3. The molecule has 2 rings (SSSR count). The zero-order valence-electron chi connectivity index (χ0n) is 5.39. The highest BCUT2D eigenvalue weighted by atomic mass is 16.6. The monoisotopic (exact) mass is 128 g/mol. The lowest BCUT2D eigenvalue weighted by molar-refractivity contribution is 0.361. The molecule has 2 aliphatic rings. The van der Waals surface area contributed by atoms with Gasteiger partial charge in [-0.3, -0.25) is 10.9 Å². The van der Waals surface area contributed by atoms with Gasteiger partial charge in [0.15, 0.2) is 0 Å². The van der Waals surface area contributed by atoms with Crippen LogP contribution >= 0.6 is 0 Å². The minimum atomic E-state index is 0.512. The Kier molecular flexibility index (Phi) is 1.41. The maximum absolute atomic E-state index is 5.34. The Balaban J connectivity index is 1.81. The summed E-state index contributed by atoms with van der Waals surface area (Å²) in [5.41, 5.74) is 6.22. The van der Waals surface area contributed by atoms with Crippen molar-refractivity contribution < 1.29 is 4.74 Å². The van der Waals surface area contributed by atoms with E-state index < -0.39 is 0 Å². The maximum atomic E-state index is 5.34. The summed E-state index contributed by atoms with van der Waals surface area (Å²) < 4.78 is 5.34. The molecule has 0 saturated carbocycles. The van der Waals surface area contributed by atoms with Crippen LogP contribution in [0.3, 0.4) is 0 Å². The zero-order chi connectivity index (χ0) is 6.10. The highest BCUT2D eigenvalue weighted by molar-refractivity contribution is 4.86. The first-order chi connectivity index (χ1) is 4.47. The molecule has 0 aromatic heterocycles. The quantitative estimate of drug-likeness (QED) is 0.437. The van der Waals surface area contributed by atoms with Gasteiger partial charge >= 0.3 is 0 Å². The van der Waals surface area contributed by atoms with Gasteiger partial charge < -0.3 is 4.74 Å². The summed E-state index contributed by atoms with van der Waals surface area (Å²) in [5, 5.41) is 0. The largest absolute Gasteiger partial charge is 0.368 e. The summed E-state index contributed by atoms with van der Waals surface area (Å²) in [6.07, 6.45) is 3.56. The van der Waals surface area contributed by atoms with Crippen LogP contribution < -0.4 is 10.9 Å². The fraction of sp³-hybridized carbons (Fsp3) is 1.00. The van der Waals surface area contributed by atoms with E-state index in [1.54, 1.807) is 0 Å². The van der Waals surface area contributed by atoms with E-state index in [9.17, 15) is 0 Å². The Morgan fingerprint density at radius 1 is 1.22 bits per heavy atom. The molecule has 0 aliphatic carbocycles. The lowest BCUT2D eigenvalue weighted by atomic mass is 10.2. The summed E-state index contributed by atoms with van der Waals surface area (Å²) >= 11 is 0. The predicted molar refractivity (Wildman–Crippen MR) is 33.9 cm³/mol. The summed E-state index contributed by atoms with van der Waals surface area (Å²) in [6.45, 7) is 2.05. The normalized spacial score (nSPS) is 42.7. The van der Waals surface area contributed by atoms with Crippen LogP contribution in [0.25, 0.3) is 0 Å². The molecule has 0 spiro atoms. The second-order valence-electron chi connectivity index (χ2n) is 2.66. The Labute approximate surface area is 54.7 Å². The van der Waals surface area contributed by atoms with E-state index >= 15 is 0 Å². The van der Waals surface area contributed by atoms with Crippen molar-refractivity contribution in [1.82, 2.24) is 10.9 Å². The van der Waals surface area contributed by atoms with E-state index in [2.05, 4.69) is 10.9 Å². The lowest BCUT2D eigenvalue weighted by Crippen LogP contribution is -2.37. The standard InChI is InChI=1S/C6H12N2O/c1-2-5-6(9-5)4-8-7-3-1/h5-8H,1-4H2. The molecule has 2 unspecified atom stereocenters. The van der Waals surface area contributed by atoms with Gasteiger partial charge in [0.2, 0.25) is 0 Å².